The van der Waals surface area contributed by atoms with Gasteiger partial charge in [-0.1, -0.05) is 42.5 Å². The molecular weight excluding hydrogens is 410 g/mol. The quantitative estimate of drug-likeness (QED) is 0.439. The second-order valence-corrected chi connectivity index (χ2v) is 9.49. The maximum Gasteiger partial charge on any atom is 0.165 e. The molecule has 0 amide bonds. The Morgan fingerprint density at radius 1 is 1.09 bits per heavy atom. The van der Waals surface area contributed by atoms with Crippen molar-refractivity contribution < 1.29 is 5.11 Å². The van der Waals surface area contributed by atoms with E-state index in [4.69, 9.17) is 10.7 Å². The number of pyridine rings is 1. The molecule has 2 aromatic carbocycles. The molecule has 6 heteroatoms. The largest absolute Gasteiger partial charge is 0.390 e. The van der Waals surface area contributed by atoms with Gasteiger partial charge < -0.3 is 10.8 Å². The number of hydrogen-bond donors (Lipinski definition) is 2. The molecule has 1 fully saturated rings. The van der Waals surface area contributed by atoms with Crippen LogP contribution in [-0.2, 0) is 5.54 Å². The second kappa shape index (κ2) is 6.94. The topological polar surface area (TPSA) is 89.3 Å². The predicted octanol–water partition coefficient (Wildman–Crippen LogP) is 4.42. The van der Waals surface area contributed by atoms with E-state index in [-0.39, 0.29) is 0 Å². The number of hydrogen-bond acceptors (Lipinski definition) is 5. The van der Waals surface area contributed by atoms with E-state index in [1.54, 1.807) is 4.52 Å². The molecule has 1 saturated carbocycles. The molecule has 5 aromatic rings. The Morgan fingerprint density at radius 2 is 1.88 bits per heavy atom. The van der Waals surface area contributed by atoms with Gasteiger partial charge in [0, 0.05) is 34.3 Å². The molecule has 3 N–H and O–H groups in total. The Bertz CT molecular complexity index is 1500. The minimum absolute atomic E-state index is 0.486. The standard InChI is InChI=1S/C27H24N5O/c1-17-12-23-29-14-20-13-22(18-6-4-3-5-7-18)24(30-25(20)32(23)31-17)19-8-10-21(11-9-19)27(28)15-26(2,33)16-27/h3-4,6-14,33H,15-16,28H2,1-2H3. The number of nitrogens with zero attached hydrogens (tertiary/aromatic N) is 4. The molecule has 0 bridgehead atoms. The van der Waals surface area contributed by atoms with Gasteiger partial charge in [0.05, 0.1) is 17.0 Å². The lowest BCUT2D eigenvalue weighted by Gasteiger charge is -2.49. The number of rotatable bonds is 3. The Balaban J connectivity index is 1.53. The summed E-state index contributed by atoms with van der Waals surface area (Å²) in [5.41, 5.74) is 12.7. The average Bonchev–Trinajstić information content (AvgIpc) is 3.18. The highest BCUT2D eigenvalue weighted by molar-refractivity contribution is 5.90. The number of aliphatic hydroxyl groups is 1. The van der Waals surface area contributed by atoms with Gasteiger partial charge >= 0.3 is 0 Å². The Labute approximate surface area is 191 Å². The molecule has 0 saturated heterocycles. The summed E-state index contributed by atoms with van der Waals surface area (Å²) in [6, 6.07) is 23.4. The van der Waals surface area contributed by atoms with Crippen LogP contribution in [0.4, 0.5) is 0 Å². The van der Waals surface area contributed by atoms with E-state index in [1.807, 2.05) is 44.3 Å². The van der Waals surface area contributed by atoms with Crippen molar-refractivity contribution in [1.29, 1.82) is 0 Å². The fourth-order valence-corrected chi connectivity index (χ4v) is 5.13. The summed E-state index contributed by atoms with van der Waals surface area (Å²) >= 11 is 0. The first-order valence-corrected chi connectivity index (χ1v) is 11.1. The van der Waals surface area contributed by atoms with Crippen LogP contribution in [-0.4, -0.2) is 30.3 Å². The van der Waals surface area contributed by atoms with Crippen molar-refractivity contribution in [3.8, 4) is 22.4 Å². The molecule has 33 heavy (non-hydrogen) atoms. The van der Waals surface area contributed by atoms with Gasteiger partial charge in [0.15, 0.2) is 11.3 Å². The molecule has 6 nitrogen and oxygen atoms in total. The van der Waals surface area contributed by atoms with Crippen molar-refractivity contribution in [3.63, 3.8) is 0 Å². The van der Waals surface area contributed by atoms with Crippen molar-refractivity contribution in [3.05, 3.63) is 84.2 Å². The lowest BCUT2D eigenvalue weighted by molar-refractivity contribution is -0.0738. The third kappa shape index (κ3) is 3.30. The summed E-state index contributed by atoms with van der Waals surface area (Å²) in [5.74, 6) is 0. The number of benzene rings is 2. The zero-order valence-electron chi connectivity index (χ0n) is 18.6. The van der Waals surface area contributed by atoms with Crippen molar-refractivity contribution in [2.75, 3.05) is 0 Å². The fourth-order valence-electron chi connectivity index (χ4n) is 5.13. The average molecular weight is 435 g/mol. The maximum absolute atomic E-state index is 10.2. The van der Waals surface area contributed by atoms with Crippen LogP contribution in [0.25, 0.3) is 39.1 Å². The second-order valence-electron chi connectivity index (χ2n) is 9.49. The lowest BCUT2D eigenvalue weighted by Crippen LogP contribution is -2.58. The summed E-state index contributed by atoms with van der Waals surface area (Å²) in [6.07, 6.45) is 2.97. The predicted molar refractivity (Wildman–Crippen MR) is 128 cm³/mol. The SMILES string of the molecule is Cc1cc2ncc3cc(-c4c[c]ccc4)c(-c4ccc(C5(N)CC(C)(O)C5)cc4)nc3n2n1. The summed E-state index contributed by atoms with van der Waals surface area (Å²) in [6.45, 7) is 3.79. The van der Waals surface area contributed by atoms with Crippen molar-refractivity contribution >= 4 is 16.7 Å². The third-order valence-corrected chi connectivity index (χ3v) is 6.52. The van der Waals surface area contributed by atoms with Crippen LogP contribution in [0, 0.1) is 13.0 Å². The van der Waals surface area contributed by atoms with E-state index in [9.17, 15) is 5.11 Å². The maximum atomic E-state index is 10.2. The molecule has 3 aromatic heterocycles. The first kappa shape index (κ1) is 20.0. The molecule has 0 unspecified atom stereocenters. The summed E-state index contributed by atoms with van der Waals surface area (Å²) in [4.78, 5) is 9.64. The highest BCUT2D eigenvalue weighted by atomic mass is 16.3. The zero-order chi connectivity index (χ0) is 22.8. The van der Waals surface area contributed by atoms with Crippen molar-refractivity contribution in [1.82, 2.24) is 19.6 Å². The zero-order valence-corrected chi connectivity index (χ0v) is 18.6. The van der Waals surface area contributed by atoms with Crippen molar-refractivity contribution in [2.45, 2.75) is 37.8 Å². The van der Waals surface area contributed by atoms with Crippen LogP contribution in [0.3, 0.4) is 0 Å². The highest BCUT2D eigenvalue weighted by Crippen LogP contribution is 2.46. The molecule has 6 rings (SSSR count). The van der Waals surface area contributed by atoms with Gasteiger partial charge in [0.25, 0.3) is 0 Å². The Morgan fingerprint density at radius 3 is 2.58 bits per heavy atom. The van der Waals surface area contributed by atoms with Crippen LogP contribution < -0.4 is 5.73 Å². The summed E-state index contributed by atoms with van der Waals surface area (Å²) in [5, 5.41) is 15.7. The van der Waals surface area contributed by atoms with Gasteiger partial charge in [0.1, 0.15) is 0 Å². The van der Waals surface area contributed by atoms with Crippen LogP contribution in [0.15, 0.2) is 66.9 Å². The normalized spacial score (nSPS) is 22.5. The van der Waals surface area contributed by atoms with Gasteiger partial charge in [-0.15, -0.1) is 0 Å². The fraction of sp³-hybridized carbons (Fsp3) is 0.222. The van der Waals surface area contributed by atoms with Gasteiger partial charge in [-0.3, -0.25) is 0 Å². The lowest BCUT2D eigenvalue weighted by atomic mass is 9.63. The van der Waals surface area contributed by atoms with Gasteiger partial charge in [-0.05, 0) is 56.0 Å². The number of aromatic nitrogens is 4. The number of aryl methyl sites for hydroxylation is 1. The van der Waals surface area contributed by atoms with E-state index >= 15 is 0 Å². The van der Waals surface area contributed by atoms with E-state index in [0.717, 1.165) is 50.3 Å². The summed E-state index contributed by atoms with van der Waals surface area (Å²) in [7, 11) is 0. The molecule has 3 heterocycles. The molecule has 1 aliphatic carbocycles. The first-order chi connectivity index (χ1) is 15.8. The molecule has 0 spiro atoms. The Hall–Kier alpha value is -3.61. The van der Waals surface area contributed by atoms with Crippen LogP contribution in [0.5, 0.6) is 0 Å². The number of nitrogens with two attached hydrogens (primary N) is 1. The molecule has 1 radical (unpaired) electrons. The first-order valence-electron chi connectivity index (χ1n) is 11.1. The minimum Gasteiger partial charge on any atom is -0.390 e. The Kier molecular flexibility index (Phi) is 4.21. The van der Waals surface area contributed by atoms with E-state index in [1.165, 1.54) is 0 Å². The van der Waals surface area contributed by atoms with Gasteiger partial charge in [-0.2, -0.15) is 9.61 Å². The third-order valence-electron chi connectivity index (χ3n) is 6.52. The highest BCUT2D eigenvalue weighted by Gasteiger charge is 2.49. The molecule has 0 aliphatic heterocycles. The smallest absolute Gasteiger partial charge is 0.165 e. The van der Waals surface area contributed by atoms with Crippen LogP contribution in [0.1, 0.15) is 31.0 Å². The van der Waals surface area contributed by atoms with E-state index in [0.29, 0.717) is 12.8 Å². The number of fused-ring (bicyclic) bond motifs is 3. The van der Waals surface area contributed by atoms with E-state index < -0.39 is 11.1 Å². The molecule has 1 aliphatic rings. The van der Waals surface area contributed by atoms with Gasteiger partial charge in [0.2, 0.25) is 0 Å². The molecule has 163 valence electrons. The van der Waals surface area contributed by atoms with Gasteiger partial charge in [-0.25, -0.2) is 9.97 Å². The molecule has 0 atom stereocenters. The van der Waals surface area contributed by atoms with Crippen LogP contribution >= 0.6 is 0 Å². The van der Waals surface area contributed by atoms with Crippen molar-refractivity contribution in [2.24, 2.45) is 5.73 Å². The minimum atomic E-state index is -0.689. The molecular formula is C27H24N5O. The monoisotopic (exact) mass is 434 g/mol. The summed E-state index contributed by atoms with van der Waals surface area (Å²) < 4.78 is 1.80. The van der Waals surface area contributed by atoms with Crippen LogP contribution in [0.2, 0.25) is 0 Å². The van der Waals surface area contributed by atoms with E-state index in [2.05, 4.69) is 52.5 Å².